The molecule has 1 aliphatic carbocycles. The Kier molecular flexibility index (Phi) is 2.62. The molecule has 3 heteroatoms. The first-order valence-corrected chi connectivity index (χ1v) is 5.00. The van der Waals surface area contributed by atoms with Crippen LogP contribution in [-0.4, -0.2) is 19.7 Å². The summed E-state index contributed by atoms with van der Waals surface area (Å²) in [7, 11) is 1.67. The number of carbonyl (C=O) groups excluding carboxylic acids is 1. The minimum Gasteiger partial charge on any atom is -0.496 e. The second-order valence-corrected chi connectivity index (χ2v) is 3.84. The molecule has 0 saturated heterocycles. The maximum atomic E-state index is 10.2. The molecule has 1 fully saturated rings. The molecule has 0 heterocycles. The summed E-state index contributed by atoms with van der Waals surface area (Å²) >= 11 is 0. The van der Waals surface area contributed by atoms with E-state index in [1.54, 1.807) is 7.11 Å². The van der Waals surface area contributed by atoms with Crippen LogP contribution in [0.1, 0.15) is 23.5 Å². The Balaban J connectivity index is 2.13. The largest absolute Gasteiger partial charge is 0.496 e. The van der Waals surface area contributed by atoms with E-state index in [4.69, 9.17) is 9.47 Å². The van der Waals surface area contributed by atoms with E-state index in [0.717, 1.165) is 17.7 Å². The van der Waals surface area contributed by atoms with Crippen molar-refractivity contribution in [3.63, 3.8) is 0 Å². The van der Waals surface area contributed by atoms with Gasteiger partial charge in [-0.1, -0.05) is 12.1 Å². The highest BCUT2D eigenvalue weighted by atomic mass is 16.5. The van der Waals surface area contributed by atoms with Crippen molar-refractivity contribution in [2.45, 2.75) is 25.4 Å². The topological polar surface area (TPSA) is 35.5 Å². The Hall–Kier alpha value is -1.51. The standard InChI is InChI=1S/C12H14O3/c1-8-3-4-9(5-11(8)14-2)10-6-12(10)15-7-13/h3-5,7,10,12H,6H2,1-2H3/t10?,12-/m1/s1. The van der Waals surface area contributed by atoms with Crippen LogP contribution in [0.3, 0.4) is 0 Å². The van der Waals surface area contributed by atoms with Gasteiger partial charge in [0.05, 0.1) is 7.11 Å². The number of aryl methyl sites for hydroxylation is 1. The van der Waals surface area contributed by atoms with Gasteiger partial charge in [0, 0.05) is 5.92 Å². The second-order valence-electron chi connectivity index (χ2n) is 3.84. The summed E-state index contributed by atoms with van der Waals surface area (Å²) in [5.41, 5.74) is 2.30. The summed E-state index contributed by atoms with van der Waals surface area (Å²) in [6.07, 6.45) is 0.986. The van der Waals surface area contributed by atoms with Crippen molar-refractivity contribution in [2.75, 3.05) is 7.11 Å². The second kappa shape index (κ2) is 3.93. The third-order valence-corrected chi connectivity index (χ3v) is 2.82. The van der Waals surface area contributed by atoms with Crippen LogP contribution < -0.4 is 4.74 Å². The molecular formula is C12H14O3. The number of hydrogen-bond donors (Lipinski definition) is 0. The van der Waals surface area contributed by atoms with E-state index >= 15 is 0 Å². The van der Waals surface area contributed by atoms with Crippen molar-refractivity contribution < 1.29 is 14.3 Å². The van der Waals surface area contributed by atoms with Crippen LogP contribution >= 0.6 is 0 Å². The number of rotatable bonds is 4. The lowest BCUT2D eigenvalue weighted by atomic mass is 10.1. The van der Waals surface area contributed by atoms with E-state index in [2.05, 4.69) is 6.07 Å². The fraction of sp³-hybridized carbons (Fsp3) is 0.417. The molecular weight excluding hydrogens is 192 g/mol. The van der Waals surface area contributed by atoms with Gasteiger partial charge in [0.15, 0.2) is 0 Å². The van der Waals surface area contributed by atoms with E-state index in [-0.39, 0.29) is 6.10 Å². The monoisotopic (exact) mass is 206 g/mol. The van der Waals surface area contributed by atoms with Gasteiger partial charge in [-0.25, -0.2) is 0 Å². The molecule has 2 atom stereocenters. The lowest BCUT2D eigenvalue weighted by Crippen LogP contribution is -1.95. The SMILES string of the molecule is COc1cc(C2C[C@H]2OC=O)ccc1C. The minimum absolute atomic E-state index is 0.0647. The summed E-state index contributed by atoms with van der Waals surface area (Å²) in [6, 6.07) is 6.12. The van der Waals surface area contributed by atoms with Crippen LogP contribution in [-0.2, 0) is 9.53 Å². The molecule has 1 unspecified atom stereocenters. The average Bonchev–Trinajstić information content (AvgIpc) is 2.99. The van der Waals surface area contributed by atoms with Gasteiger partial charge in [-0.3, -0.25) is 4.79 Å². The number of ether oxygens (including phenoxy) is 2. The van der Waals surface area contributed by atoms with Gasteiger partial charge in [0.1, 0.15) is 11.9 Å². The van der Waals surface area contributed by atoms with E-state index < -0.39 is 0 Å². The highest BCUT2D eigenvalue weighted by molar-refractivity contribution is 5.43. The molecule has 1 aliphatic rings. The fourth-order valence-electron chi connectivity index (χ4n) is 1.81. The van der Waals surface area contributed by atoms with Crippen molar-refractivity contribution in [1.82, 2.24) is 0 Å². The highest BCUT2D eigenvalue weighted by Gasteiger charge is 2.40. The van der Waals surface area contributed by atoms with Crippen LogP contribution in [0.5, 0.6) is 5.75 Å². The Bertz CT molecular complexity index is 373. The first kappa shape index (κ1) is 10.0. The zero-order valence-corrected chi connectivity index (χ0v) is 8.90. The molecule has 0 N–H and O–H groups in total. The van der Waals surface area contributed by atoms with Gasteiger partial charge in [-0.2, -0.15) is 0 Å². The van der Waals surface area contributed by atoms with Gasteiger partial charge < -0.3 is 9.47 Å². The molecule has 0 radical (unpaired) electrons. The maximum Gasteiger partial charge on any atom is 0.293 e. The molecule has 80 valence electrons. The van der Waals surface area contributed by atoms with Crippen molar-refractivity contribution in [3.8, 4) is 5.75 Å². The van der Waals surface area contributed by atoms with E-state index in [1.165, 1.54) is 5.56 Å². The first-order valence-electron chi connectivity index (χ1n) is 5.00. The zero-order valence-electron chi connectivity index (χ0n) is 8.90. The zero-order chi connectivity index (χ0) is 10.8. The average molecular weight is 206 g/mol. The van der Waals surface area contributed by atoms with Crippen molar-refractivity contribution in [2.24, 2.45) is 0 Å². The molecule has 0 bridgehead atoms. The molecule has 0 spiro atoms. The Morgan fingerprint density at radius 2 is 2.27 bits per heavy atom. The molecule has 0 amide bonds. The summed E-state index contributed by atoms with van der Waals surface area (Å²) in [5.74, 6) is 1.24. The number of methoxy groups -OCH3 is 1. The van der Waals surface area contributed by atoms with Gasteiger partial charge in [-0.05, 0) is 30.5 Å². The normalized spacial score (nSPS) is 23.3. The molecule has 1 aromatic rings. The highest BCUT2D eigenvalue weighted by Crippen LogP contribution is 2.44. The first-order chi connectivity index (χ1) is 7.26. The van der Waals surface area contributed by atoms with E-state index in [0.29, 0.717) is 12.4 Å². The molecule has 0 aromatic heterocycles. The summed E-state index contributed by atoms with van der Waals surface area (Å²) in [6.45, 7) is 2.53. The van der Waals surface area contributed by atoms with E-state index in [1.807, 2.05) is 19.1 Å². The van der Waals surface area contributed by atoms with Gasteiger partial charge in [0.25, 0.3) is 6.47 Å². The lowest BCUT2D eigenvalue weighted by Gasteiger charge is -2.06. The lowest BCUT2D eigenvalue weighted by molar-refractivity contribution is -0.129. The fourth-order valence-corrected chi connectivity index (χ4v) is 1.81. The van der Waals surface area contributed by atoms with Crippen molar-refractivity contribution in [1.29, 1.82) is 0 Å². The third kappa shape index (κ3) is 1.96. The van der Waals surface area contributed by atoms with Gasteiger partial charge in [-0.15, -0.1) is 0 Å². The van der Waals surface area contributed by atoms with Crippen LogP contribution in [0, 0.1) is 6.92 Å². The molecule has 1 aromatic carbocycles. The van der Waals surface area contributed by atoms with E-state index in [9.17, 15) is 4.79 Å². The molecule has 1 saturated carbocycles. The minimum atomic E-state index is 0.0647. The maximum absolute atomic E-state index is 10.2. The third-order valence-electron chi connectivity index (χ3n) is 2.82. The molecule has 2 rings (SSSR count). The van der Waals surface area contributed by atoms with Crippen LogP contribution in [0.25, 0.3) is 0 Å². The summed E-state index contributed by atoms with van der Waals surface area (Å²) in [5, 5.41) is 0. The summed E-state index contributed by atoms with van der Waals surface area (Å²) < 4.78 is 10.2. The van der Waals surface area contributed by atoms with Gasteiger partial charge in [0.2, 0.25) is 0 Å². The Morgan fingerprint density at radius 1 is 1.47 bits per heavy atom. The quantitative estimate of drug-likeness (QED) is 0.707. The predicted molar refractivity (Wildman–Crippen MR) is 56.0 cm³/mol. The van der Waals surface area contributed by atoms with Crippen LogP contribution in [0.4, 0.5) is 0 Å². The molecule has 3 nitrogen and oxygen atoms in total. The number of carbonyl (C=O) groups is 1. The molecule has 0 aliphatic heterocycles. The van der Waals surface area contributed by atoms with Crippen LogP contribution in [0.2, 0.25) is 0 Å². The van der Waals surface area contributed by atoms with Crippen molar-refractivity contribution in [3.05, 3.63) is 29.3 Å². The van der Waals surface area contributed by atoms with Crippen molar-refractivity contribution >= 4 is 6.47 Å². The predicted octanol–water partition coefficient (Wildman–Crippen LogP) is 2.03. The number of hydrogen-bond acceptors (Lipinski definition) is 3. The molecule has 15 heavy (non-hydrogen) atoms. The van der Waals surface area contributed by atoms with Crippen LogP contribution in [0.15, 0.2) is 18.2 Å². The number of benzene rings is 1. The summed E-state index contributed by atoms with van der Waals surface area (Å²) in [4.78, 5) is 10.2. The Morgan fingerprint density at radius 3 is 2.93 bits per heavy atom. The van der Waals surface area contributed by atoms with Gasteiger partial charge >= 0.3 is 0 Å². The Labute approximate surface area is 89.0 Å². The smallest absolute Gasteiger partial charge is 0.293 e.